The van der Waals surface area contributed by atoms with Crippen LogP contribution in [0.2, 0.25) is 0 Å². The highest BCUT2D eigenvalue weighted by Crippen LogP contribution is 2.34. The molecule has 1 aliphatic rings. The summed E-state index contributed by atoms with van der Waals surface area (Å²) in [6, 6.07) is 9.83. The smallest absolute Gasteiger partial charge is 0.270 e. The summed E-state index contributed by atoms with van der Waals surface area (Å²) in [5.41, 5.74) is 2.74. The summed E-state index contributed by atoms with van der Waals surface area (Å²) >= 11 is 5.19. The molecule has 1 aliphatic heterocycles. The number of hydrogen-bond acceptors (Lipinski definition) is 5. The molecule has 8 heteroatoms. The topological polar surface area (TPSA) is 52.9 Å². The Labute approximate surface area is 175 Å². The van der Waals surface area contributed by atoms with Crippen LogP contribution in [0.3, 0.4) is 0 Å². The zero-order valence-electron chi connectivity index (χ0n) is 15.7. The van der Waals surface area contributed by atoms with Crippen molar-refractivity contribution in [2.45, 2.75) is 6.54 Å². The Morgan fingerprint density at radius 1 is 1.11 bits per heavy atom. The van der Waals surface area contributed by atoms with Gasteiger partial charge < -0.3 is 23.7 Å². The van der Waals surface area contributed by atoms with Crippen LogP contribution in [0.1, 0.15) is 16.1 Å². The number of nitrogens with zero attached hydrogens (tertiary/aromatic N) is 2. The van der Waals surface area contributed by atoms with Gasteiger partial charge in [-0.2, -0.15) is 0 Å². The first-order valence-corrected chi connectivity index (χ1v) is 10.6. The molecule has 2 aromatic heterocycles. The number of carbonyl (C=O) groups excluding carboxylic acids is 1. The van der Waals surface area contributed by atoms with Crippen molar-refractivity contribution in [3.8, 4) is 11.5 Å². The number of morpholine rings is 1. The highest BCUT2D eigenvalue weighted by atomic mass is 79.9. The summed E-state index contributed by atoms with van der Waals surface area (Å²) in [4.78, 5) is 15.1. The number of aromatic nitrogens is 1. The van der Waals surface area contributed by atoms with Crippen molar-refractivity contribution in [2.75, 3.05) is 40.5 Å². The molecule has 0 spiro atoms. The normalized spacial score (nSPS) is 14.5. The average molecular weight is 465 g/mol. The van der Waals surface area contributed by atoms with E-state index < -0.39 is 0 Å². The number of carbonyl (C=O) groups is 1. The van der Waals surface area contributed by atoms with E-state index in [0.717, 1.165) is 31.1 Å². The molecule has 148 valence electrons. The third-order valence-electron chi connectivity index (χ3n) is 4.83. The van der Waals surface area contributed by atoms with Crippen LogP contribution in [0.4, 0.5) is 0 Å². The number of methoxy groups -OCH3 is 2. The molecule has 1 amide bonds. The van der Waals surface area contributed by atoms with Crippen molar-refractivity contribution in [2.24, 2.45) is 0 Å². The lowest BCUT2D eigenvalue weighted by Crippen LogP contribution is -2.41. The van der Waals surface area contributed by atoms with Gasteiger partial charge in [0.15, 0.2) is 0 Å². The molecule has 1 fully saturated rings. The van der Waals surface area contributed by atoms with E-state index in [4.69, 9.17) is 14.2 Å². The lowest BCUT2D eigenvalue weighted by molar-refractivity contribution is 0.0296. The third-order valence-corrected chi connectivity index (χ3v) is 6.40. The third kappa shape index (κ3) is 3.76. The SMILES string of the molecule is COc1cc(Cn2c(C(=O)N3CCOCC3)cc3sc(Br)cc32)cc(OC)c1. The first-order valence-electron chi connectivity index (χ1n) is 8.96. The van der Waals surface area contributed by atoms with Gasteiger partial charge in [-0.25, -0.2) is 0 Å². The monoisotopic (exact) mass is 464 g/mol. The minimum atomic E-state index is 0.0395. The van der Waals surface area contributed by atoms with Gasteiger partial charge in [-0.1, -0.05) is 0 Å². The predicted octanol–water partition coefficient (Wildman–Crippen LogP) is 4.00. The molecule has 1 aromatic carbocycles. The molecule has 3 aromatic rings. The van der Waals surface area contributed by atoms with Crippen LogP contribution in [0.5, 0.6) is 11.5 Å². The van der Waals surface area contributed by atoms with Crippen LogP contribution >= 0.6 is 27.3 Å². The van der Waals surface area contributed by atoms with Gasteiger partial charge in [-0.15, -0.1) is 11.3 Å². The fraction of sp³-hybridized carbons (Fsp3) is 0.350. The highest BCUT2D eigenvalue weighted by Gasteiger charge is 2.24. The number of halogens is 1. The fourth-order valence-corrected chi connectivity index (χ4v) is 4.99. The molecule has 0 N–H and O–H groups in total. The van der Waals surface area contributed by atoms with Gasteiger partial charge in [-0.3, -0.25) is 4.79 Å². The second-order valence-corrected chi connectivity index (χ2v) is 9.00. The van der Waals surface area contributed by atoms with Crippen LogP contribution in [0.25, 0.3) is 10.2 Å². The second-order valence-electron chi connectivity index (χ2n) is 6.54. The van der Waals surface area contributed by atoms with E-state index >= 15 is 0 Å². The number of fused-ring (bicyclic) bond motifs is 1. The standard InChI is InChI=1S/C20H21BrN2O4S/c1-25-14-7-13(8-15(9-14)26-2)12-23-16-11-19(21)28-18(16)10-17(23)20(24)22-3-5-27-6-4-22/h7-11H,3-6,12H2,1-2H3. The molecule has 6 nitrogen and oxygen atoms in total. The molecule has 0 aliphatic carbocycles. The average Bonchev–Trinajstić information content (AvgIpc) is 3.24. The van der Waals surface area contributed by atoms with E-state index in [1.54, 1.807) is 25.6 Å². The maximum absolute atomic E-state index is 13.2. The first kappa shape index (κ1) is 19.3. The molecule has 0 radical (unpaired) electrons. The summed E-state index contributed by atoms with van der Waals surface area (Å²) in [5.74, 6) is 1.49. The molecule has 3 heterocycles. The Bertz CT molecular complexity index is 985. The zero-order valence-corrected chi connectivity index (χ0v) is 18.1. The molecule has 1 saturated heterocycles. The Morgan fingerprint density at radius 2 is 1.79 bits per heavy atom. The second kappa shape index (κ2) is 8.14. The van der Waals surface area contributed by atoms with Crippen molar-refractivity contribution in [1.29, 1.82) is 0 Å². The minimum absolute atomic E-state index is 0.0395. The summed E-state index contributed by atoms with van der Waals surface area (Å²) in [6.07, 6.45) is 0. The van der Waals surface area contributed by atoms with E-state index in [9.17, 15) is 4.79 Å². The van der Waals surface area contributed by atoms with Gasteiger partial charge >= 0.3 is 0 Å². The van der Waals surface area contributed by atoms with Gasteiger partial charge in [-0.05, 0) is 45.8 Å². The molecular formula is C20H21BrN2O4S. The van der Waals surface area contributed by atoms with E-state index in [1.165, 1.54) is 0 Å². The van der Waals surface area contributed by atoms with Gasteiger partial charge in [0.1, 0.15) is 17.2 Å². The Hall–Kier alpha value is -2.03. The predicted molar refractivity (Wildman–Crippen MR) is 113 cm³/mol. The van der Waals surface area contributed by atoms with Gasteiger partial charge in [0.05, 0.1) is 41.4 Å². The van der Waals surface area contributed by atoms with Crippen molar-refractivity contribution < 1.29 is 19.0 Å². The summed E-state index contributed by atoms with van der Waals surface area (Å²) in [6.45, 7) is 2.95. The number of benzene rings is 1. The summed E-state index contributed by atoms with van der Waals surface area (Å²) in [7, 11) is 3.27. The molecule has 0 atom stereocenters. The largest absolute Gasteiger partial charge is 0.497 e. The van der Waals surface area contributed by atoms with Gasteiger partial charge in [0.25, 0.3) is 5.91 Å². The van der Waals surface area contributed by atoms with Crippen LogP contribution in [-0.4, -0.2) is 55.9 Å². The van der Waals surface area contributed by atoms with Crippen LogP contribution < -0.4 is 9.47 Å². The number of thiophene rings is 1. The van der Waals surface area contributed by atoms with E-state index in [-0.39, 0.29) is 5.91 Å². The van der Waals surface area contributed by atoms with E-state index in [0.29, 0.717) is 38.5 Å². The Morgan fingerprint density at radius 3 is 2.43 bits per heavy atom. The van der Waals surface area contributed by atoms with Crippen molar-refractivity contribution in [3.05, 3.63) is 45.4 Å². The van der Waals surface area contributed by atoms with Crippen molar-refractivity contribution in [3.63, 3.8) is 0 Å². The summed E-state index contributed by atoms with van der Waals surface area (Å²) < 4.78 is 20.4. The van der Waals surface area contributed by atoms with Gasteiger partial charge in [0.2, 0.25) is 0 Å². The summed E-state index contributed by atoms with van der Waals surface area (Å²) in [5, 5.41) is 0. The van der Waals surface area contributed by atoms with Gasteiger partial charge in [0, 0.05) is 25.7 Å². The number of amides is 1. The van der Waals surface area contributed by atoms with Crippen molar-refractivity contribution >= 4 is 43.4 Å². The first-order chi connectivity index (χ1) is 13.6. The number of rotatable bonds is 5. The highest BCUT2D eigenvalue weighted by molar-refractivity contribution is 9.11. The lowest BCUT2D eigenvalue weighted by atomic mass is 10.2. The molecule has 0 bridgehead atoms. The van der Waals surface area contributed by atoms with Crippen LogP contribution in [-0.2, 0) is 11.3 Å². The molecule has 0 unspecified atom stereocenters. The quantitative estimate of drug-likeness (QED) is 0.572. The minimum Gasteiger partial charge on any atom is -0.497 e. The van der Waals surface area contributed by atoms with Crippen molar-refractivity contribution in [1.82, 2.24) is 9.47 Å². The molecule has 0 saturated carbocycles. The van der Waals surface area contributed by atoms with Crippen LogP contribution in [0, 0.1) is 0 Å². The maximum atomic E-state index is 13.2. The van der Waals surface area contributed by atoms with E-state index in [1.807, 2.05) is 29.2 Å². The zero-order chi connectivity index (χ0) is 19.7. The Balaban J connectivity index is 1.75. The molecular weight excluding hydrogens is 444 g/mol. The number of hydrogen-bond donors (Lipinski definition) is 0. The Kier molecular flexibility index (Phi) is 5.61. The maximum Gasteiger partial charge on any atom is 0.270 e. The lowest BCUT2D eigenvalue weighted by Gasteiger charge is -2.27. The fourth-order valence-electron chi connectivity index (χ4n) is 3.43. The number of ether oxygens (including phenoxy) is 3. The van der Waals surface area contributed by atoms with Crippen LogP contribution in [0.15, 0.2) is 34.1 Å². The van der Waals surface area contributed by atoms with E-state index in [2.05, 4.69) is 26.6 Å². The molecule has 28 heavy (non-hydrogen) atoms. The molecule has 4 rings (SSSR count).